The number of amides is 1. The number of rotatable bonds is 5. The molecule has 1 amide bonds. The number of pyridine rings is 1. The van der Waals surface area contributed by atoms with Crippen LogP contribution in [0.25, 0.3) is 16.7 Å². The Bertz CT molecular complexity index is 1340. The average Bonchev–Trinajstić information content (AvgIpc) is 3.55. The van der Waals surface area contributed by atoms with Crippen LogP contribution in [0.3, 0.4) is 0 Å². The van der Waals surface area contributed by atoms with Crippen molar-refractivity contribution < 1.29 is 4.79 Å². The molecule has 1 unspecified atom stereocenters. The van der Waals surface area contributed by atoms with Crippen molar-refractivity contribution in [1.29, 1.82) is 5.26 Å². The predicted octanol–water partition coefficient (Wildman–Crippen LogP) is 5.19. The number of imidazole rings is 1. The minimum absolute atomic E-state index is 0.0184. The number of hydrogen-bond acceptors (Lipinski definition) is 4. The van der Waals surface area contributed by atoms with Gasteiger partial charge in [0.05, 0.1) is 16.6 Å². The van der Waals surface area contributed by atoms with Crippen molar-refractivity contribution in [2.75, 3.05) is 10.6 Å². The number of nitrogens with zero attached hydrogens (tertiary/aromatic N) is 3. The highest BCUT2D eigenvalue weighted by atomic mass is 16.2. The number of aryl methyl sites for hydroxylation is 1. The molecule has 1 atom stereocenters. The lowest BCUT2D eigenvalue weighted by Gasteiger charge is -2.19. The Hall–Kier alpha value is -3.85. The number of carbonyl (C=O) groups excluding carboxylic acids is 1. The molecule has 0 bridgehead atoms. The third-order valence-electron chi connectivity index (χ3n) is 5.88. The largest absolute Gasteiger partial charge is 0.365 e. The molecule has 0 aliphatic heterocycles. The van der Waals surface area contributed by atoms with E-state index in [9.17, 15) is 10.1 Å². The first-order valence-corrected chi connectivity index (χ1v) is 10.5. The van der Waals surface area contributed by atoms with Crippen LogP contribution in [0.5, 0.6) is 0 Å². The first-order chi connectivity index (χ1) is 15.0. The van der Waals surface area contributed by atoms with Gasteiger partial charge in [0.15, 0.2) is 5.65 Å². The Morgan fingerprint density at radius 3 is 2.65 bits per heavy atom. The van der Waals surface area contributed by atoms with Crippen molar-refractivity contribution in [2.45, 2.75) is 32.7 Å². The first-order valence-electron chi connectivity index (χ1n) is 10.5. The molecular formula is C25H23N5O. The van der Waals surface area contributed by atoms with E-state index < -0.39 is 0 Å². The van der Waals surface area contributed by atoms with Gasteiger partial charge in [0.2, 0.25) is 5.91 Å². The lowest BCUT2D eigenvalue weighted by Crippen LogP contribution is -2.14. The summed E-state index contributed by atoms with van der Waals surface area (Å²) in [7, 11) is 0. The number of benzene rings is 2. The Kier molecular flexibility index (Phi) is 4.59. The molecule has 1 aliphatic carbocycles. The molecule has 154 valence electrons. The molecular weight excluding hydrogens is 386 g/mol. The van der Waals surface area contributed by atoms with Crippen molar-refractivity contribution >= 4 is 34.1 Å². The first kappa shape index (κ1) is 19.1. The molecule has 5 rings (SSSR count). The second-order valence-electron chi connectivity index (χ2n) is 8.21. The highest BCUT2D eigenvalue weighted by Gasteiger charge is 2.29. The molecule has 2 heterocycles. The van der Waals surface area contributed by atoms with E-state index >= 15 is 0 Å². The van der Waals surface area contributed by atoms with E-state index in [1.165, 1.54) is 0 Å². The van der Waals surface area contributed by atoms with Gasteiger partial charge in [0.25, 0.3) is 0 Å². The summed E-state index contributed by atoms with van der Waals surface area (Å²) in [6.07, 6.45) is 1.98. The molecule has 31 heavy (non-hydrogen) atoms. The molecule has 2 N–H and O–H groups in total. The summed E-state index contributed by atoms with van der Waals surface area (Å²) in [4.78, 5) is 16.7. The van der Waals surface area contributed by atoms with E-state index in [0.29, 0.717) is 11.2 Å². The van der Waals surface area contributed by atoms with Crippen molar-refractivity contribution in [3.05, 3.63) is 71.3 Å². The maximum absolute atomic E-state index is 12.0. The van der Waals surface area contributed by atoms with Gasteiger partial charge >= 0.3 is 0 Å². The van der Waals surface area contributed by atoms with E-state index in [4.69, 9.17) is 4.98 Å². The Labute approximate surface area is 180 Å². The zero-order valence-electron chi connectivity index (χ0n) is 17.5. The standard InChI is InChI=1S/C25H23N5O/c1-15-13-23(30-22-6-4-3-5-21(22)29-24(30)20(15)14-26)27-16(2)17-9-11-19(12-10-17)28-25(31)18-7-8-18/h3-6,9-13,16,18,27H,7-8H2,1-2H3,(H,28,31). The van der Waals surface area contributed by atoms with Crippen LogP contribution in [-0.4, -0.2) is 15.3 Å². The molecule has 2 aromatic heterocycles. The molecule has 1 saturated carbocycles. The molecule has 0 saturated heterocycles. The number of aromatic nitrogens is 2. The van der Waals surface area contributed by atoms with Crippen LogP contribution < -0.4 is 10.6 Å². The number of fused-ring (bicyclic) bond motifs is 3. The maximum atomic E-state index is 12.0. The van der Waals surface area contributed by atoms with Gasteiger partial charge < -0.3 is 10.6 Å². The van der Waals surface area contributed by atoms with Gasteiger partial charge in [0.1, 0.15) is 11.9 Å². The Morgan fingerprint density at radius 2 is 1.94 bits per heavy atom. The van der Waals surface area contributed by atoms with Gasteiger partial charge in [-0.1, -0.05) is 24.3 Å². The van der Waals surface area contributed by atoms with E-state index in [0.717, 1.165) is 46.5 Å². The summed E-state index contributed by atoms with van der Waals surface area (Å²) in [5.41, 5.74) is 5.88. The van der Waals surface area contributed by atoms with E-state index in [2.05, 4.69) is 23.6 Å². The second kappa shape index (κ2) is 7.44. The van der Waals surface area contributed by atoms with Crippen molar-refractivity contribution in [3.63, 3.8) is 0 Å². The van der Waals surface area contributed by atoms with Crippen molar-refractivity contribution in [2.24, 2.45) is 5.92 Å². The van der Waals surface area contributed by atoms with Crippen molar-refractivity contribution in [3.8, 4) is 6.07 Å². The van der Waals surface area contributed by atoms with Gasteiger partial charge in [-0.2, -0.15) is 5.26 Å². The fourth-order valence-corrected chi connectivity index (χ4v) is 3.95. The SMILES string of the molecule is Cc1cc(NC(C)c2ccc(NC(=O)C3CC3)cc2)n2c(nc3ccccc32)c1C#N. The van der Waals surface area contributed by atoms with Gasteiger partial charge in [0, 0.05) is 17.6 Å². The Morgan fingerprint density at radius 1 is 1.19 bits per heavy atom. The number of nitriles is 1. The summed E-state index contributed by atoms with van der Waals surface area (Å²) >= 11 is 0. The van der Waals surface area contributed by atoms with Crippen LogP contribution in [0.2, 0.25) is 0 Å². The summed E-state index contributed by atoms with van der Waals surface area (Å²) in [5.74, 6) is 1.19. The minimum Gasteiger partial charge on any atom is -0.365 e. The average molecular weight is 409 g/mol. The number of anilines is 2. The molecule has 1 aliphatic rings. The summed E-state index contributed by atoms with van der Waals surface area (Å²) in [5, 5.41) is 16.2. The molecule has 6 heteroatoms. The fourth-order valence-electron chi connectivity index (χ4n) is 3.95. The molecule has 2 aromatic carbocycles. The summed E-state index contributed by atoms with van der Waals surface area (Å²) < 4.78 is 2.02. The number of hydrogen-bond donors (Lipinski definition) is 2. The van der Waals surface area contributed by atoms with Crippen LogP contribution in [0, 0.1) is 24.2 Å². The lowest BCUT2D eigenvalue weighted by atomic mass is 10.1. The maximum Gasteiger partial charge on any atom is 0.227 e. The normalized spacial score (nSPS) is 14.4. The van der Waals surface area contributed by atoms with Gasteiger partial charge in [-0.3, -0.25) is 9.20 Å². The molecule has 6 nitrogen and oxygen atoms in total. The van der Waals surface area contributed by atoms with Gasteiger partial charge in [-0.05, 0) is 68.1 Å². The minimum atomic E-state index is 0.0184. The summed E-state index contributed by atoms with van der Waals surface area (Å²) in [6.45, 7) is 4.03. The van der Waals surface area contributed by atoms with Gasteiger partial charge in [-0.15, -0.1) is 0 Å². The topological polar surface area (TPSA) is 82.2 Å². The van der Waals surface area contributed by atoms with Crippen LogP contribution in [0.15, 0.2) is 54.6 Å². The van der Waals surface area contributed by atoms with E-state index in [1.54, 1.807) is 0 Å². The van der Waals surface area contributed by atoms with Crippen molar-refractivity contribution in [1.82, 2.24) is 9.38 Å². The second-order valence-corrected chi connectivity index (χ2v) is 8.21. The molecule has 0 radical (unpaired) electrons. The fraction of sp³-hybridized carbons (Fsp3) is 0.240. The Balaban J connectivity index is 1.47. The smallest absolute Gasteiger partial charge is 0.227 e. The third kappa shape index (κ3) is 3.49. The molecule has 1 fully saturated rings. The van der Waals surface area contributed by atoms with Crippen LogP contribution in [0.4, 0.5) is 11.5 Å². The highest BCUT2D eigenvalue weighted by Crippen LogP contribution is 2.31. The molecule has 0 spiro atoms. The van der Waals surface area contributed by atoms with Crippen LogP contribution in [0.1, 0.15) is 42.5 Å². The van der Waals surface area contributed by atoms with Crippen LogP contribution >= 0.6 is 0 Å². The third-order valence-corrected chi connectivity index (χ3v) is 5.88. The zero-order valence-corrected chi connectivity index (χ0v) is 17.5. The number of carbonyl (C=O) groups is 1. The highest BCUT2D eigenvalue weighted by molar-refractivity contribution is 5.94. The number of para-hydroxylation sites is 2. The predicted molar refractivity (Wildman–Crippen MR) is 122 cm³/mol. The summed E-state index contributed by atoms with van der Waals surface area (Å²) in [6, 6.07) is 20.2. The van der Waals surface area contributed by atoms with E-state index in [-0.39, 0.29) is 17.9 Å². The molecule has 4 aromatic rings. The van der Waals surface area contributed by atoms with E-state index in [1.807, 2.05) is 65.9 Å². The van der Waals surface area contributed by atoms with Gasteiger partial charge in [-0.25, -0.2) is 4.98 Å². The lowest BCUT2D eigenvalue weighted by molar-refractivity contribution is -0.117. The quantitative estimate of drug-likeness (QED) is 0.475. The van der Waals surface area contributed by atoms with Crippen LogP contribution in [-0.2, 0) is 4.79 Å². The zero-order chi connectivity index (χ0) is 21.5. The monoisotopic (exact) mass is 409 g/mol. The number of nitrogens with one attached hydrogen (secondary N) is 2.